The zero-order valence-electron chi connectivity index (χ0n) is 13.9. The van der Waals surface area contributed by atoms with Crippen molar-refractivity contribution in [3.63, 3.8) is 0 Å². The van der Waals surface area contributed by atoms with Crippen molar-refractivity contribution in [3.05, 3.63) is 0 Å². The van der Waals surface area contributed by atoms with Crippen LogP contribution in [0.4, 0.5) is 0 Å². The van der Waals surface area contributed by atoms with E-state index in [-0.39, 0.29) is 12.5 Å². The number of ether oxygens (including phenoxy) is 5. The molecule has 9 nitrogen and oxygen atoms in total. The van der Waals surface area contributed by atoms with E-state index in [1.807, 2.05) is 0 Å². The Balaban J connectivity index is 3.04. The van der Waals surface area contributed by atoms with Gasteiger partial charge >= 0.3 is 11.9 Å². The van der Waals surface area contributed by atoms with Crippen molar-refractivity contribution in [1.82, 2.24) is 5.32 Å². The Kier molecular flexibility index (Phi) is 7.40. The minimum absolute atomic E-state index is 0.0990. The summed E-state index contributed by atoms with van der Waals surface area (Å²) in [4.78, 5) is 33.8. The van der Waals surface area contributed by atoms with Gasteiger partial charge in [-0.15, -0.1) is 0 Å². The molecular weight excluding hydrogens is 310 g/mol. The fourth-order valence-electron chi connectivity index (χ4n) is 2.44. The summed E-state index contributed by atoms with van der Waals surface area (Å²) in [7, 11) is 2.80. The Labute approximate surface area is 134 Å². The Morgan fingerprint density at radius 2 is 1.65 bits per heavy atom. The first-order chi connectivity index (χ1) is 10.8. The van der Waals surface area contributed by atoms with Gasteiger partial charge in [0, 0.05) is 35.0 Å². The van der Waals surface area contributed by atoms with Gasteiger partial charge in [-0.1, -0.05) is 0 Å². The zero-order chi connectivity index (χ0) is 17.6. The monoisotopic (exact) mass is 333 g/mol. The highest BCUT2D eigenvalue weighted by Gasteiger charge is 2.49. The molecule has 0 aliphatic carbocycles. The van der Waals surface area contributed by atoms with Gasteiger partial charge in [-0.25, -0.2) is 0 Å². The number of hydrogen-bond donors (Lipinski definition) is 1. The molecule has 0 radical (unpaired) electrons. The highest BCUT2D eigenvalue weighted by atomic mass is 16.7. The zero-order valence-corrected chi connectivity index (χ0v) is 13.9. The van der Waals surface area contributed by atoms with E-state index in [1.165, 1.54) is 35.0 Å². The maximum atomic E-state index is 11.4. The van der Waals surface area contributed by atoms with Crippen molar-refractivity contribution < 1.29 is 38.1 Å². The lowest BCUT2D eigenvalue weighted by atomic mass is 9.96. The maximum absolute atomic E-state index is 11.4. The van der Waals surface area contributed by atoms with Gasteiger partial charge in [-0.3, -0.25) is 14.4 Å². The van der Waals surface area contributed by atoms with Crippen LogP contribution in [-0.4, -0.2) is 69.3 Å². The summed E-state index contributed by atoms with van der Waals surface area (Å²) in [5.74, 6) is -1.37. The molecule has 1 saturated heterocycles. The number of carbonyl (C=O) groups is 3. The predicted molar refractivity (Wildman–Crippen MR) is 76.3 cm³/mol. The minimum atomic E-state index is -0.893. The Hall–Kier alpha value is -1.71. The van der Waals surface area contributed by atoms with Crippen molar-refractivity contribution in [3.8, 4) is 0 Å². The normalized spacial score (nSPS) is 30.4. The second-order valence-electron chi connectivity index (χ2n) is 5.08. The van der Waals surface area contributed by atoms with Crippen molar-refractivity contribution in [2.45, 2.75) is 51.4 Å². The van der Waals surface area contributed by atoms with Gasteiger partial charge in [-0.05, 0) is 0 Å². The van der Waals surface area contributed by atoms with Crippen LogP contribution in [0.2, 0.25) is 0 Å². The number of carbonyl (C=O) groups excluding carboxylic acids is 3. The summed E-state index contributed by atoms with van der Waals surface area (Å²) >= 11 is 0. The summed E-state index contributed by atoms with van der Waals surface area (Å²) in [5.41, 5.74) is 0. The molecule has 0 aromatic carbocycles. The summed E-state index contributed by atoms with van der Waals surface area (Å²) in [6.07, 6.45) is -3.22. The second kappa shape index (κ2) is 8.80. The van der Waals surface area contributed by atoms with E-state index in [0.29, 0.717) is 0 Å². The van der Waals surface area contributed by atoms with Crippen LogP contribution in [0, 0.1) is 0 Å². The largest absolute Gasteiger partial charge is 0.463 e. The molecule has 0 aromatic rings. The van der Waals surface area contributed by atoms with Crippen LogP contribution in [0.1, 0.15) is 20.8 Å². The van der Waals surface area contributed by atoms with Gasteiger partial charge in [0.1, 0.15) is 24.9 Å². The molecule has 132 valence electrons. The molecule has 0 unspecified atom stereocenters. The molecule has 9 heteroatoms. The van der Waals surface area contributed by atoms with Crippen LogP contribution < -0.4 is 5.32 Å². The summed E-state index contributed by atoms with van der Waals surface area (Å²) < 4.78 is 26.5. The van der Waals surface area contributed by atoms with Crippen LogP contribution in [0.5, 0.6) is 0 Å². The molecule has 1 aliphatic rings. The summed E-state index contributed by atoms with van der Waals surface area (Å²) in [6, 6.07) is -0.764. The van der Waals surface area contributed by atoms with E-state index < -0.39 is 42.6 Å². The maximum Gasteiger partial charge on any atom is 0.303 e. The van der Waals surface area contributed by atoms with Gasteiger partial charge in [0.2, 0.25) is 5.91 Å². The molecule has 0 aromatic heterocycles. The summed E-state index contributed by atoms with van der Waals surface area (Å²) in [5, 5.41) is 2.63. The van der Waals surface area contributed by atoms with E-state index in [1.54, 1.807) is 0 Å². The number of nitrogens with one attached hydrogen (secondary N) is 1. The van der Waals surface area contributed by atoms with Gasteiger partial charge < -0.3 is 29.0 Å². The lowest BCUT2D eigenvalue weighted by molar-refractivity contribution is -0.271. The molecular formula is C14H23NO8. The van der Waals surface area contributed by atoms with Gasteiger partial charge in [0.05, 0.1) is 0 Å². The number of hydrogen-bond acceptors (Lipinski definition) is 8. The summed E-state index contributed by atoms with van der Waals surface area (Å²) in [6.45, 7) is 3.74. The van der Waals surface area contributed by atoms with Crippen molar-refractivity contribution in [1.29, 1.82) is 0 Å². The average Bonchev–Trinajstić information content (AvgIpc) is 2.45. The third kappa shape index (κ3) is 5.45. The van der Waals surface area contributed by atoms with E-state index in [4.69, 9.17) is 23.7 Å². The molecule has 1 aliphatic heterocycles. The van der Waals surface area contributed by atoms with E-state index in [9.17, 15) is 14.4 Å². The van der Waals surface area contributed by atoms with E-state index in [2.05, 4.69) is 5.32 Å². The first-order valence-electron chi connectivity index (χ1n) is 7.08. The minimum Gasteiger partial charge on any atom is -0.463 e. The third-order valence-electron chi connectivity index (χ3n) is 3.27. The molecule has 1 fully saturated rings. The lowest BCUT2D eigenvalue weighted by Crippen LogP contribution is -2.66. The predicted octanol–water partition coefficient (Wildman–Crippen LogP) is -0.628. The van der Waals surface area contributed by atoms with Gasteiger partial charge in [0.25, 0.3) is 0 Å². The molecule has 1 N–H and O–H groups in total. The fourth-order valence-corrected chi connectivity index (χ4v) is 2.44. The second-order valence-corrected chi connectivity index (χ2v) is 5.08. The highest BCUT2D eigenvalue weighted by molar-refractivity contribution is 5.73. The van der Waals surface area contributed by atoms with Crippen LogP contribution >= 0.6 is 0 Å². The van der Waals surface area contributed by atoms with E-state index >= 15 is 0 Å². The van der Waals surface area contributed by atoms with Crippen molar-refractivity contribution in [2.24, 2.45) is 0 Å². The van der Waals surface area contributed by atoms with Crippen LogP contribution in [-0.2, 0) is 38.1 Å². The van der Waals surface area contributed by atoms with Crippen molar-refractivity contribution >= 4 is 17.8 Å². The molecule has 0 spiro atoms. The first kappa shape index (κ1) is 19.3. The topological polar surface area (TPSA) is 109 Å². The Bertz CT molecular complexity index is 440. The quantitative estimate of drug-likeness (QED) is 0.640. The van der Waals surface area contributed by atoms with Crippen LogP contribution in [0.3, 0.4) is 0 Å². The fraction of sp³-hybridized carbons (Fsp3) is 0.786. The average molecular weight is 333 g/mol. The lowest BCUT2D eigenvalue weighted by Gasteiger charge is -2.44. The Morgan fingerprint density at radius 1 is 1.00 bits per heavy atom. The van der Waals surface area contributed by atoms with Gasteiger partial charge in [0.15, 0.2) is 12.4 Å². The SMILES string of the molecule is CO[C@H]1O[C@H](COC(C)=O)[C@@H](OC)[C@H](OC(C)=O)[C@H]1NC(C)=O. The number of esters is 2. The smallest absolute Gasteiger partial charge is 0.303 e. The molecule has 0 saturated carbocycles. The van der Waals surface area contributed by atoms with Crippen LogP contribution in [0.15, 0.2) is 0 Å². The molecule has 1 rings (SSSR count). The first-order valence-corrected chi connectivity index (χ1v) is 7.08. The number of rotatable bonds is 6. The molecule has 1 amide bonds. The number of methoxy groups -OCH3 is 2. The molecule has 1 heterocycles. The standard InChI is InChI=1S/C14H23NO8/c1-7(16)15-11-13(22-9(3)18)12(19-4)10(6-21-8(2)17)23-14(11)20-5/h10-14H,6H2,1-5H3,(H,15,16)/t10-,11-,12-,13-,14+/m1/s1. The molecule has 0 bridgehead atoms. The Morgan fingerprint density at radius 3 is 2.09 bits per heavy atom. The van der Waals surface area contributed by atoms with Crippen LogP contribution in [0.25, 0.3) is 0 Å². The van der Waals surface area contributed by atoms with Gasteiger partial charge in [-0.2, -0.15) is 0 Å². The number of amides is 1. The van der Waals surface area contributed by atoms with E-state index in [0.717, 1.165) is 0 Å². The molecule has 23 heavy (non-hydrogen) atoms. The highest BCUT2D eigenvalue weighted by Crippen LogP contribution is 2.26. The third-order valence-corrected chi connectivity index (χ3v) is 3.27. The van der Waals surface area contributed by atoms with Crippen molar-refractivity contribution in [2.75, 3.05) is 20.8 Å². The molecule has 5 atom stereocenters.